The zero-order valence-corrected chi connectivity index (χ0v) is 27.8. The quantitative estimate of drug-likeness (QED) is 0.349. The normalized spacial score (nSPS) is 27.7. The number of benzene rings is 2. The second-order valence-electron chi connectivity index (χ2n) is 15.6. The fourth-order valence-corrected chi connectivity index (χ4v) is 8.97. The molecular formula is C39H48O3. The van der Waals surface area contributed by atoms with Crippen LogP contribution < -0.4 is 0 Å². The molecule has 3 unspecified atom stereocenters. The van der Waals surface area contributed by atoms with Gasteiger partial charge in [-0.2, -0.15) is 0 Å². The lowest BCUT2D eigenvalue weighted by Crippen LogP contribution is -2.57. The molecule has 0 N–H and O–H groups in total. The van der Waals surface area contributed by atoms with Crippen LogP contribution in [0.2, 0.25) is 0 Å². The van der Waals surface area contributed by atoms with Gasteiger partial charge >= 0.3 is 0 Å². The molecule has 0 aromatic heterocycles. The second-order valence-corrected chi connectivity index (χ2v) is 15.6. The minimum atomic E-state index is -0.898. The topological polar surface area (TPSA) is 51.2 Å². The van der Waals surface area contributed by atoms with E-state index >= 15 is 0 Å². The fourth-order valence-electron chi connectivity index (χ4n) is 8.97. The molecule has 0 saturated heterocycles. The highest BCUT2D eigenvalue weighted by Crippen LogP contribution is 2.66. The molecule has 3 nitrogen and oxygen atoms in total. The Labute approximate surface area is 252 Å². The second kappa shape index (κ2) is 9.46. The van der Waals surface area contributed by atoms with E-state index in [9.17, 15) is 14.4 Å². The fraction of sp³-hybridized carbons (Fsp3) is 0.513. The van der Waals surface area contributed by atoms with Crippen LogP contribution in [0.4, 0.5) is 0 Å². The highest BCUT2D eigenvalue weighted by atomic mass is 16.2. The maximum Gasteiger partial charge on any atom is 0.190 e. The summed E-state index contributed by atoms with van der Waals surface area (Å²) < 4.78 is 0. The number of hydrogen-bond donors (Lipinski definition) is 0. The van der Waals surface area contributed by atoms with Crippen LogP contribution in [0.3, 0.4) is 0 Å². The van der Waals surface area contributed by atoms with E-state index in [4.69, 9.17) is 0 Å². The van der Waals surface area contributed by atoms with E-state index < -0.39 is 5.41 Å². The third kappa shape index (κ3) is 4.09. The van der Waals surface area contributed by atoms with E-state index in [-0.39, 0.29) is 39.5 Å². The largest absolute Gasteiger partial charge is 0.294 e. The summed E-state index contributed by atoms with van der Waals surface area (Å²) in [7, 11) is 0. The number of rotatable bonds is 3. The van der Waals surface area contributed by atoms with Crippen LogP contribution in [0.1, 0.15) is 128 Å². The van der Waals surface area contributed by atoms with E-state index in [0.717, 1.165) is 51.8 Å². The third-order valence-corrected chi connectivity index (χ3v) is 11.3. The van der Waals surface area contributed by atoms with Crippen molar-refractivity contribution in [2.75, 3.05) is 0 Å². The lowest BCUT2D eigenvalue weighted by Gasteiger charge is -2.59. The molecule has 0 spiro atoms. The molecule has 0 fully saturated rings. The van der Waals surface area contributed by atoms with Gasteiger partial charge in [0.05, 0.1) is 11.0 Å². The highest BCUT2D eigenvalue weighted by molar-refractivity contribution is 6.24. The molecule has 42 heavy (non-hydrogen) atoms. The van der Waals surface area contributed by atoms with Crippen LogP contribution in [0.15, 0.2) is 52.6 Å². The van der Waals surface area contributed by atoms with Gasteiger partial charge in [0, 0.05) is 16.6 Å². The molecule has 0 heterocycles. The summed E-state index contributed by atoms with van der Waals surface area (Å²) in [5.74, 6) is 0.0421. The first-order chi connectivity index (χ1) is 19.3. The van der Waals surface area contributed by atoms with Crippen molar-refractivity contribution in [1.29, 1.82) is 0 Å². The van der Waals surface area contributed by atoms with Gasteiger partial charge in [0.15, 0.2) is 17.3 Å². The molecule has 0 saturated carbocycles. The maximum atomic E-state index is 14.9. The number of fused-ring (bicyclic) bond motifs is 3. The monoisotopic (exact) mass is 564 g/mol. The Morgan fingerprint density at radius 3 is 2.05 bits per heavy atom. The van der Waals surface area contributed by atoms with Gasteiger partial charge in [-0.3, -0.25) is 14.4 Å². The first kappa shape index (κ1) is 30.4. The first-order valence-electron chi connectivity index (χ1n) is 15.6. The zero-order valence-electron chi connectivity index (χ0n) is 27.8. The minimum absolute atomic E-state index is 0.0646. The predicted molar refractivity (Wildman–Crippen MR) is 172 cm³/mol. The summed E-state index contributed by atoms with van der Waals surface area (Å²) in [6.45, 7) is 25.1. The molecule has 0 radical (unpaired) electrons. The Kier molecular flexibility index (Phi) is 6.85. The van der Waals surface area contributed by atoms with E-state index in [1.165, 1.54) is 23.6 Å². The van der Waals surface area contributed by atoms with Crippen molar-refractivity contribution in [2.45, 2.75) is 114 Å². The van der Waals surface area contributed by atoms with Gasteiger partial charge in [0.25, 0.3) is 0 Å². The van der Waals surface area contributed by atoms with E-state index in [1.54, 1.807) is 0 Å². The van der Waals surface area contributed by atoms with Crippen molar-refractivity contribution in [3.05, 3.63) is 80.4 Å². The Balaban J connectivity index is 1.76. The Hall–Kier alpha value is -3.07. The Morgan fingerprint density at radius 2 is 1.52 bits per heavy atom. The first-order valence-corrected chi connectivity index (χ1v) is 15.6. The molecule has 0 bridgehead atoms. The van der Waals surface area contributed by atoms with Crippen molar-refractivity contribution < 1.29 is 14.4 Å². The molecule has 5 rings (SSSR count). The van der Waals surface area contributed by atoms with Gasteiger partial charge < -0.3 is 0 Å². The summed E-state index contributed by atoms with van der Waals surface area (Å²) in [6.07, 6.45) is 2.20. The summed E-state index contributed by atoms with van der Waals surface area (Å²) in [5, 5.41) is 0. The lowest BCUT2D eigenvalue weighted by molar-refractivity contribution is -0.134. The third-order valence-electron chi connectivity index (χ3n) is 11.3. The van der Waals surface area contributed by atoms with Gasteiger partial charge in [0.1, 0.15) is 0 Å². The van der Waals surface area contributed by atoms with Gasteiger partial charge in [0.2, 0.25) is 0 Å². The molecule has 3 heteroatoms. The average molecular weight is 565 g/mol. The molecule has 2 aromatic carbocycles. The van der Waals surface area contributed by atoms with Gasteiger partial charge in [-0.25, -0.2) is 0 Å². The standard InChI is InChI=1S/C39H48O3/c1-21(2)28-17-29(26-13-15-27(16-14-26)36(7,8)9)23(4)32-30(28)19-37(10)20-38(11)18-22(3)31(25(6)40)35(42)39(38,12)24(5)33(37)34(32)41/h13-17,21H,18-20H2,1-12H3. The molecule has 3 atom stereocenters. The van der Waals surface area contributed by atoms with Crippen LogP contribution in [0, 0.1) is 23.2 Å². The Morgan fingerprint density at radius 1 is 0.929 bits per heavy atom. The van der Waals surface area contributed by atoms with Gasteiger partial charge in [-0.15, -0.1) is 0 Å². The van der Waals surface area contributed by atoms with Crippen LogP contribution in [0.5, 0.6) is 0 Å². The van der Waals surface area contributed by atoms with Gasteiger partial charge in [-0.1, -0.05) is 89.9 Å². The van der Waals surface area contributed by atoms with Crippen molar-refractivity contribution in [3.63, 3.8) is 0 Å². The summed E-state index contributed by atoms with van der Waals surface area (Å²) >= 11 is 0. The summed E-state index contributed by atoms with van der Waals surface area (Å²) in [5.41, 5.74) is 9.02. The van der Waals surface area contributed by atoms with Crippen LogP contribution in [-0.4, -0.2) is 17.3 Å². The smallest absolute Gasteiger partial charge is 0.190 e. The number of carbonyl (C=O) groups excluding carboxylic acids is 3. The van der Waals surface area contributed by atoms with Gasteiger partial charge in [-0.05, 0) is 104 Å². The molecule has 0 aliphatic heterocycles. The maximum absolute atomic E-state index is 14.9. The van der Waals surface area contributed by atoms with E-state index in [1.807, 2.05) is 20.8 Å². The molecule has 222 valence electrons. The Bertz CT molecular complexity index is 1620. The number of ketones is 3. The van der Waals surface area contributed by atoms with Crippen molar-refractivity contribution in [1.82, 2.24) is 0 Å². The SMILES string of the molecule is CC(=O)C1=C(C)CC2(C)CC3(C)Cc4c(C(C)C)cc(-c5ccc(C(C)(C)C)cc5)c(C)c4C(=O)C3=C(C)C2(C)C1=O. The lowest BCUT2D eigenvalue weighted by atomic mass is 9.42. The predicted octanol–water partition coefficient (Wildman–Crippen LogP) is 9.44. The number of Topliss-reactive ketones (excluding diaryl/α,β-unsaturated/α-hetero) is 3. The van der Waals surface area contributed by atoms with Crippen LogP contribution in [0.25, 0.3) is 11.1 Å². The minimum Gasteiger partial charge on any atom is -0.294 e. The molecule has 0 amide bonds. The number of carbonyl (C=O) groups is 3. The average Bonchev–Trinajstić information content (AvgIpc) is 2.85. The van der Waals surface area contributed by atoms with Crippen LogP contribution >= 0.6 is 0 Å². The molecule has 2 aromatic rings. The number of allylic oxidation sites excluding steroid dienone is 4. The molecule has 3 aliphatic carbocycles. The summed E-state index contributed by atoms with van der Waals surface area (Å²) in [6, 6.07) is 11.1. The molecule has 3 aliphatic rings. The van der Waals surface area contributed by atoms with Crippen molar-refractivity contribution in [3.8, 4) is 11.1 Å². The van der Waals surface area contributed by atoms with Crippen LogP contribution in [-0.2, 0) is 21.4 Å². The summed E-state index contributed by atoms with van der Waals surface area (Å²) in [4.78, 5) is 41.7. The zero-order chi connectivity index (χ0) is 31.3. The van der Waals surface area contributed by atoms with Crippen molar-refractivity contribution in [2.24, 2.45) is 16.2 Å². The van der Waals surface area contributed by atoms with E-state index in [2.05, 4.69) is 85.7 Å². The number of hydrogen-bond acceptors (Lipinski definition) is 3. The van der Waals surface area contributed by atoms with Crippen molar-refractivity contribution >= 4 is 17.3 Å². The highest BCUT2D eigenvalue weighted by Gasteiger charge is 2.63. The van der Waals surface area contributed by atoms with E-state index in [0.29, 0.717) is 12.0 Å². The molecular weight excluding hydrogens is 516 g/mol.